The van der Waals surface area contributed by atoms with Crippen molar-refractivity contribution >= 4 is 5.91 Å². The minimum atomic E-state index is -0.534. The van der Waals surface area contributed by atoms with Crippen LogP contribution in [0.5, 0.6) is 0 Å². The quantitative estimate of drug-likeness (QED) is 0.673. The van der Waals surface area contributed by atoms with Gasteiger partial charge in [-0.3, -0.25) is 4.79 Å². The van der Waals surface area contributed by atoms with E-state index in [2.05, 4.69) is 23.5 Å². The van der Waals surface area contributed by atoms with Crippen LogP contribution in [0.3, 0.4) is 0 Å². The van der Waals surface area contributed by atoms with Gasteiger partial charge in [-0.05, 0) is 37.4 Å². The third kappa shape index (κ3) is 5.03. The largest absolute Gasteiger partial charge is 0.396 e. The lowest BCUT2D eigenvalue weighted by Gasteiger charge is -2.30. The zero-order valence-electron chi connectivity index (χ0n) is 14.8. The summed E-state index contributed by atoms with van der Waals surface area (Å²) in [4.78, 5) is 14.3. The fourth-order valence-electron chi connectivity index (χ4n) is 3.34. The predicted molar refractivity (Wildman–Crippen MR) is 94.7 cm³/mol. The van der Waals surface area contributed by atoms with E-state index < -0.39 is 5.41 Å². The standard InChI is InChI=1S/C19H30N2O3/c1-19(13-22,14-23)12-21(2)11-10-18(24)20-17-9-5-7-15-6-3-4-8-16(15)17/h3-4,6,8,17,22-23H,5,7,9-14H2,1-2H3,(H,20,24). The maximum Gasteiger partial charge on any atom is 0.221 e. The number of fused-ring (bicyclic) bond motifs is 1. The summed E-state index contributed by atoms with van der Waals surface area (Å²) in [6.45, 7) is 2.86. The number of carbonyl (C=O) groups excluding carboxylic acids is 1. The van der Waals surface area contributed by atoms with Crippen molar-refractivity contribution in [3.05, 3.63) is 35.4 Å². The number of benzene rings is 1. The van der Waals surface area contributed by atoms with Crippen LogP contribution in [0.15, 0.2) is 24.3 Å². The second kappa shape index (κ2) is 8.60. The van der Waals surface area contributed by atoms with Crippen molar-refractivity contribution in [2.75, 3.05) is 33.4 Å². The highest BCUT2D eigenvalue weighted by Crippen LogP contribution is 2.29. The third-order valence-corrected chi connectivity index (χ3v) is 4.84. The van der Waals surface area contributed by atoms with Crippen molar-refractivity contribution in [2.24, 2.45) is 5.41 Å². The number of hydrogen-bond donors (Lipinski definition) is 3. The summed E-state index contributed by atoms with van der Waals surface area (Å²) in [6, 6.07) is 8.46. The van der Waals surface area contributed by atoms with Crippen LogP contribution in [0, 0.1) is 5.41 Å². The Morgan fingerprint density at radius 2 is 2.04 bits per heavy atom. The van der Waals surface area contributed by atoms with Crippen LogP contribution in [0.4, 0.5) is 0 Å². The Labute approximate surface area is 144 Å². The first-order chi connectivity index (χ1) is 11.5. The molecule has 5 nitrogen and oxygen atoms in total. The summed E-state index contributed by atoms with van der Waals surface area (Å²) >= 11 is 0. The molecule has 0 heterocycles. The molecule has 0 fully saturated rings. The van der Waals surface area contributed by atoms with Gasteiger partial charge in [-0.2, -0.15) is 0 Å². The van der Waals surface area contributed by atoms with Gasteiger partial charge < -0.3 is 20.4 Å². The average Bonchev–Trinajstić information content (AvgIpc) is 2.60. The third-order valence-electron chi connectivity index (χ3n) is 4.84. The Morgan fingerprint density at radius 1 is 1.33 bits per heavy atom. The summed E-state index contributed by atoms with van der Waals surface area (Å²) in [5.41, 5.74) is 2.06. The zero-order chi connectivity index (χ0) is 17.6. The number of aliphatic hydroxyl groups is 2. The Hall–Kier alpha value is -1.43. The fourth-order valence-corrected chi connectivity index (χ4v) is 3.34. The summed E-state index contributed by atoms with van der Waals surface area (Å²) < 4.78 is 0. The molecule has 3 N–H and O–H groups in total. The summed E-state index contributed by atoms with van der Waals surface area (Å²) in [7, 11) is 1.91. The van der Waals surface area contributed by atoms with E-state index in [4.69, 9.17) is 0 Å². The van der Waals surface area contributed by atoms with Crippen molar-refractivity contribution in [3.8, 4) is 0 Å². The van der Waals surface area contributed by atoms with Crippen LogP contribution in [-0.4, -0.2) is 54.4 Å². The number of hydrogen-bond acceptors (Lipinski definition) is 4. The molecule has 1 amide bonds. The molecule has 0 radical (unpaired) electrons. The van der Waals surface area contributed by atoms with E-state index in [1.165, 1.54) is 11.1 Å². The van der Waals surface area contributed by atoms with Crippen molar-refractivity contribution in [2.45, 2.75) is 38.6 Å². The minimum Gasteiger partial charge on any atom is -0.396 e. The van der Waals surface area contributed by atoms with E-state index in [1.807, 2.05) is 24.9 Å². The average molecular weight is 334 g/mol. The molecule has 1 aromatic carbocycles. The summed E-state index contributed by atoms with van der Waals surface area (Å²) in [5, 5.41) is 21.9. The molecule has 24 heavy (non-hydrogen) atoms. The molecule has 0 spiro atoms. The highest BCUT2D eigenvalue weighted by molar-refractivity contribution is 5.76. The molecule has 1 aliphatic rings. The first kappa shape index (κ1) is 18.9. The molecule has 1 atom stereocenters. The first-order valence-electron chi connectivity index (χ1n) is 8.75. The van der Waals surface area contributed by atoms with Crippen LogP contribution in [0.25, 0.3) is 0 Å². The molecule has 0 aromatic heterocycles. The Kier molecular flexibility index (Phi) is 6.78. The van der Waals surface area contributed by atoms with Gasteiger partial charge in [0.15, 0.2) is 0 Å². The zero-order valence-corrected chi connectivity index (χ0v) is 14.8. The van der Waals surface area contributed by atoms with Gasteiger partial charge in [0.25, 0.3) is 0 Å². The van der Waals surface area contributed by atoms with Gasteiger partial charge in [0.1, 0.15) is 0 Å². The monoisotopic (exact) mass is 334 g/mol. The van der Waals surface area contributed by atoms with Gasteiger partial charge >= 0.3 is 0 Å². The van der Waals surface area contributed by atoms with E-state index >= 15 is 0 Å². The number of aryl methyl sites for hydroxylation is 1. The van der Waals surface area contributed by atoms with Gasteiger partial charge in [-0.15, -0.1) is 0 Å². The van der Waals surface area contributed by atoms with E-state index in [1.54, 1.807) is 0 Å². The second-order valence-corrected chi connectivity index (χ2v) is 7.33. The molecule has 5 heteroatoms. The van der Waals surface area contributed by atoms with Crippen molar-refractivity contribution in [1.29, 1.82) is 0 Å². The number of carbonyl (C=O) groups is 1. The molecule has 0 saturated heterocycles. The summed E-state index contributed by atoms with van der Waals surface area (Å²) in [6.07, 6.45) is 3.60. The van der Waals surface area contributed by atoms with Crippen molar-refractivity contribution < 1.29 is 15.0 Å². The Balaban J connectivity index is 1.82. The van der Waals surface area contributed by atoms with Gasteiger partial charge in [-0.1, -0.05) is 31.2 Å². The lowest BCUT2D eigenvalue weighted by atomic mass is 9.87. The molecule has 0 saturated carbocycles. The van der Waals surface area contributed by atoms with Crippen molar-refractivity contribution in [1.82, 2.24) is 10.2 Å². The Morgan fingerprint density at radius 3 is 2.75 bits per heavy atom. The van der Waals surface area contributed by atoms with Crippen LogP contribution < -0.4 is 5.32 Å². The molecular formula is C19H30N2O3. The predicted octanol–water partition coefficient (Wildman–Crippen LogP) is 1.49. The maximum atomic E-state index is 12.3. The van der Waals surface area contributed by atoms with Gasteiger partial charge in [-0.25, -0.2) is 0 Å². The normalized spacial score (nSPS) is 17.6. The topological polar surface area (TPSA) is 72.8 Å². The van der Waals surface area contributed by atoms with Crippen LogP contribution in [-0.2, 0) is 11.2 Å². The fraction of sp³-hybridized carbons (Fsp3) is 0.632. The number of amides is 1. The molecule has 1 aliphatic carbocycles. The molecule has 0 aliphatic heterocycles. The molecule has 134 valence electrons. The van der Waals surface area contributed by atoms with Gasteiger partial charge in [0, 0.05) is 24.9 Å². The van der Waals surface area contributed by atoms with Crippen LogP contribution in [0.2, 0.25) is 0 Å². The minimum absolute atomic E-state index is 0.0539. The van der Waals surface area contributed by atoms with Gasteiger partial charge in [0.05, 0.1) is 19.3 Å². The highest BCUT2D eigenvalue weighted by atomic mass is 16.3. The van der Waals surface area contributed by atoms with Gasteiger partial charge in [0.2, 0.25) is 5.91 Å². The van der Waals surface area contributed by atoms with Crippen molar-refractivity contribution in [3.63, 3.8) is 0 Å². The molecular weight excluding hydrogens is 304 g/mol. The number of nitrogens with zero attached hydrogens (tertiary/aromatic N) is 1. The molecule has 1 aromatic rings. The second-order valence-electron chi connectivity index (χ2n) is 7.33. The SMILES string of the molecule is CN(CCC(=O)NC1CCCc2ccccc21)CC(C)(CO)CO. The molecule has 2 rings (SSSR count). The van der Waals surface area contributed by atoms with E-state index in [9.17, 15) is 15.0 Å². The lowest BCUT2D eigenvalue weighted by molar-refractivity contribution is -0.122. The molecule has 0 bridgehead atoms. The van der Waals surface area contributed by atoms with E-state index in [0.717, 1.165) is 19.3 Å². The number of nitrogens with one attached hydrogen (secondary N) is 1. The molecule has 1 unspecified atom stereocenters. The highest BCUT2D eigenvalue weighted by Gasteiger charge is 2.25. The smallest absolute Gasteiger partial charge is 0.221 e. The number of rotatable bonds is 8. The Bertz CT molecular complexity index is 543. The van der Waals surface area contributed by atoms with Crippen LogP contribution in [0.1, 0.15) is 43.4 Å². The number of aliphatic hydroxyl groups excluding tert-OH is 2. The van der Waals surface area contributed by atoms with E-state index in [-0.39, 0.29) is 25.2 Å². The summed E-state index contributed by atoms with van der Waals surface area (Å²) in [5.74, 6) is 0.0539. The first-order valence-corrected chi connectivity index (χ1v) is 8.75. The maximum absolute atomic E-state index is 12.3. The van der Waals surface area contributed by atoms with Crippen LogP contribution >= 0.6 is 0 Å². The van der Waals surface area contributed by atoms with E-state index in [0.29, 0.717) is 19.5 Å². The lowest BCUT2D eigenvalue weighted by Crippen LogP contribution is -2.40.